The van der Waals surface area contributed by atoms with Gasteiger partial charge in [-0.15, -0.1) is 0 Å². The third-order valence-electron chi connectivity index (χ3n) is 3.36. The van der Waals surface area contributed by atoms with Gasteiger partial charge in [-0.25, -0.2) is 5.48 Å². The zero-order chi connectivity index (χ0) is 16.3. The second kappa shape index (κ2) is 6.40. The molecule has 0 saturated heterocycles. The normalized spacial score (nSPS) is 11.8. The van der Waals surface area contributed by atoms with Crippen LogP contribution in [-0.2, 0) is 7.05 Å². The topological polar surface area (TPSA) is 96.2 Å². The van der Waals surface area contributed by atoms with Crippen LogP contribution < -0.4 is 10.8 Å². The van der Waals surface area contributed by atoms with Crippen molar-refractivity contribution in [2.75, 3.05) is 0 Å². The third kappa shape index (κ3) is 3.32. The van der Waals surface area contributed by atoms with Crippen LogP contribution in [0.3, 0.4) is 0 Å². The maximum Gasteiger partial charge on any atom is 0.274 e. The smallest absolute Gasteiger partial charge is 0.274 e. The highest BCUT2D eigenvalue weighted by atomic mass is 16.5. The van der Waals surface area contributed by atoms with Crippen LogP contribution in [0.1, 0.15) is 44.9 Å². The van der Waals surface area contributed by atoms with Crippen LogP contribution in [0.4, 0.5) is 0 Å². The molecule has 1 atom stereocenters. The molecule has 0 saturated carbocycles. The zero-order valence-electron chi connectivity index (χ0n) is 12.6. The van der Waals surface area contributed by atoms with E-state index in [2.05, 4.69) is 10.4 Å². The lowest BCUT2D eigenvalue weighted by molar-refractivity contribution is 0.0706. The van der Waals surface area contributed by atoms with E-state index < -0.39 is 5.91 Å². The summed E-state index contributed by atoms with van der Waals surface area (Å²) in [6, 6.07) is 6.40. The molecule has 1 aromatic carbocycles. The summed E-state index contributed by atoms with van der Waals surface area (Å²) < 4.78 is 1.58. The number of carbonyl (C=O) groups is 2. The van der Waals surface area contributed by atoms with E-state index in [1.165, 1.54) is 0 Å². The summed E-state index contributed by atoms with van der Waals surface area (Å²) in [4.78, 5) is 23.7. The highest BCUT2D eigenvalue weighted by Crippen LogP contribution is 2.15. The van der Waals surface area contributed by atoms with Crippen LogP contribution in [0.15, 0.2) is 30.5 Å². The van der Waals surface area contributed by atoms with E-state index in [0.717, 1.165) is 5.56 Å². The van der Waals surface area contributed by atoms with E-state index in [1.807, 2.05) is 6.92 Å². The fourth-order valence-electron chi connectivity index (χ4n) is 2.19. The van der Waals surface area contributed by atoms with Gasteiger partial charge in [-0.2, -0.15) is 5.10 Å². The highest BCUT2D eigenvalue weighted by Gasteiger charge is 2.16. The fourth-order valence-corrected chi connectivity index (χ4v) is 2.19. The van der Waals surface area contributed by atoms with Crippen molar-refractivity contribution in [2.24, 2.45) is 7.05 Å². The van der Waals surface area contributed by atoms with E-state index in [0.29, 0.717) is 16.8 Å². The maximum atomic E-state index is 12.3. The van der Waals surface area contributed by atoms with E-state index in [1.54, 1.807) is 54.6 Å². The number of nitrogens with zero attached hydrogens (tertiary/aromatic N) is 2. The van der Waals surface area contributed by atoms with E-state index in [-0.39, 0.29) is 11.9 Å². The van der Waals surface area contributed by atoms with Gasteiger partial charge in [-0.3, -0.25) is 19.5 Å². The van der Waals surface area contributed by atoms with Crippen molar-refractivity contribution in [3.8, 4) is 0 Å². The lowest BCUT2D eigenvalue weighted by atomic mass is 10.0. The van der Waals surface area contributed by atoms with Crippen molar-refractivity contribution < 1.29 is 14.8 Å². The highest BCUT2D eigenvalue weighted by molar-refractivity contribution is 5.95. The van der Waals surface area contributed by atoms with Crippen molar-refractivity contribution in [1.82, 2.24) is 20.6 Å². The Kier molecular flexibility index (Phi) is 4.57. The lowest BCUT2D eigenvalue weighted by Gasteiger charge is -2.15. The minimum Gasteiger partial charge on any atom is -0.345 e. The first-order chi connectivity index (χ1) is 10.4. The van der Waals surface area contributed by atoms with Gasteiger partial charge in [0.15, 0.2) is 0 Å². The minimum atomic E-state index is -0.594. The maximum absolute atomic E-state index is 12.3. The number of aryl methyl sites for hydroxylation is 2. The Hall–Kier alpha value is -2.67. The molecule has 1 aromatic heterocycles. The molecule has 2 rings (SSSR count). The van der Waals surface area contributed by atoms with Gasteiger partial charge in [0.1, 0.15) is 0 Å². The number of nitrogens with one attached hydrogen (secondary N) is 2. The molecule has 0 spiro atoms. The largest absolute Gasteiger partial charge is 0.345 e. The zero-order valence-corrected chi connectivity index (χ0v) is 12.6. The summed E-state index contributed by atoms with van der Waals surface area (Å²) in [7, 11) is 1.75. The first-order valence-electron chi connectivity index (χ1n) is 6.78. The Morgan fingerprint density at radius 3 is 2.64 bits per heavy atom. The second-order valence-corrected chi connectivity index (χ2v) is 5.06. The Bertz CT molecular complexity index is 709. The molecule has 22 heavy (non-hydrogen) atoms. The molecule has 0 bridgehead atoms. The summed E-state index contributed by atoms with van der Waals surface area (Å²) in [5.74, 6) is -0.821. The molecule has 2 aromatic rings. The quantitative estimate of drug-likeness (QED) is 0.586. The molecule has 1 heterocycles. The summed E-state index contributed by atoms with van der Waals surface area (Å²) >= 11 is 0. The third-order valence-corrected chi connectivity index (χ3v) is 3.36. The number of hydroxylamine groups is 1. The molecule has 0 aliphatic carbocycles. The predicted octanol–water partition coefficient (Wildman–Crippen LogP) is 1.34. The number of hydrogen-bond donors (Lipinski definition) is 3. The van der Waals surface area contributed by atoms with Crippen molar-refractivity contribution in [3.63, 3.8) is 0 Å². The van der Waals surface area contributed by atoms with Crippen molar-refractivity contribution in [1.29, 1.82) is 0 Å². The Morgan fingerprint density at radius 2 is 2.05 bits per heavy atom. The van der Waals surface area contributed by atoms with Gasteiger partial charge in [-0.05, 0) is 31.5 Å². The van der Waals surface area contributed by atoms with Gasteiger partial charge in [-0.1, -0.05) is 12.1 Å². The van der Waals surface area contributed by atoms with Crippen molar-refractivity contribution >= 4 is 11.8 Å². The SMILES string of the molecule is Cc1nn(C)cc1C(=O)NC(C)c1cccc(C(=O)NO)c1. The number of aromatic nitrogens is 2. The van der Waals surface area contributed by atoms with E-state index in [4.69, 9.17) is 5.21 Å². The number of carbonyl (C=O) groups excluding carboxylic acids is 2. The summed E-state index contributed by atoms with van der Waals surface area (Å²) in [5, 5.41) is 15.7. The molecule has 2 amide bonds. The summed E-state index contributed by atoms with van der Waals surface area (Å²) in [6.45, 7) is 3.59. The first-order valence-corrected chi connectivity index (χ1v) is 6.78. The van der Waals surface area contributed by atoms with E-state index >= 15 is 0 Å². The molecule has 0 fully saturated rings. The molecule has 1 unspecified atom stereocenters. The number of benzene rings is 1. The van der Waals surface area contributed by atoms with Crippen molar-refractivity contribution in [2.45, 2.75) is 19.9 Å². The molecule has 116 valence electrons. The molecule has 0 aliphatic rings. The Balaban J connectivity index is 2.15. The monoisotopic (exact) mass is 302 g/mol. The first kappa shape index (κ1) is 15.7. The Morgan fingerprint density at radius 1 is 1.32 bits per heavy atom. The number of amides is 2. The number of rotatable bonds is 4. The van der Waals surface area contributed by atoms with Crippen LogP contribution in [0.2, 0.25) is 0 Å². The average Bonchev–Trinajstić information content (AvgIpc) is 2.85. The van der Waals surface area contributed by atoms with Gasteiger partial charge in [0.25, 0.3) is 11.8 Å². The van der Waals surface area contributed by atoms with Gasteiger partial charge < -0.3 is 5.32 Å². The van der Waals surface area contributed by atoms with Gasteiger partial charge in [0.05, 0.1) is 17.3 Å². The Labute approximate surface area is 127 Å². The second-order valence-electron chi connectivity index (χ2n) is 5.06. The molecule has 7 nitrogen and oxygen atoms in total. The molecular formula is C15H18N4O3. The van der Waals surface area contributed by atoms with Crippen molar-refractivity contribution in [3.05, 3.63) is 52.8 Å². The van der Waals surface area contributed by atoms with Crippen LogP contribution in [0, 0.1) is 6.92 Å². The lowest BCUT2D eigenvalue weighted by Crippen LogP contribution is -2.27. The van der Waals surface area contributed by atoms with Crippen LogP contribution >= 0.6 is 0 Å². The van der Waals surface area contributed by atoms with Gasteiger partial charge >= 0.3 is 0 Å². The van der Waals surface area contributed by atoms with E-state index in [9.17, 15) is 9.59 Å². The summed E-state index contributed by atoms with van der Waals surface area (Å²) in [5.41, 5.74) is 3.83. The van der Waals surface area contributed by atoms with Crippen LogP contribution in [0.5, 0.6) is 0 Å². The minimum absolute atomic E-state index is 0.227. The average molecular weight is 302 g/mol. The molecular weight excluding hydrogens is 284 g/mol. The van der Waals surface area contributed by atoms with Gasteiger partial charge in [0, 0.05) is 18.8 Å². The van der Waals surface area contributed by atoms with Crippen LogP contribution in [0.25, 0.3) is 0 Å². The fraction of sp³-hybridized carbons (Fsp3) is 0.267. The van der Waals surface area contributed by atoms with Crippen LogP contribution in [-0.4, -0.2) is 26.8 Å². The molecule has 0 aliphatic heterocycles. The predicted molar refractivity (Wildman–Crippen MR) is 79.5 cm³/mol. The molecule has 7 heteroatoms. The number of hydrogen-bond acceptors (Lipinski definition) is 4. The standard InChI is InChI=1S/C15H18N4O3/c1-9(11-5-4-6-12(7-11)14(20)18-22)16-15(21)13-8-19(3)17-10(13)2/h4-9,22H,1-3H3,(H,16,21)(H,18,20). The molecule has 0 radical (unpaired) electrons. The molecule has 3 N–H and O–H groups in total. The summed E-state index contributed by atoms with van der Waals surface area (Å²) in [6.07, 6.45) is 1.66. The van der Waals surface area contributed by atoms with Gasteiger partial charge in [0.2, 0.25) is 0 Å².